The second-order valence-electron chi connectivity index (χ2n) is 3.90. The summed E-state index contributed by atoms with van der Waals surface area (Å²) in [5.41, 5.74) is 5.96. The quantitative estimate of drug-likeness (QED) is 0.747. The van der Waals surface area contributed by atoms with Gasteiger partial charge in [-0.2, -0.15) is 0 Å². The van der Waals surface area contributed by atoms with E-state index >= 15 is 0 Å². The van der Waals surface area contributed by atoms with Crippen LogP contribution in [-0.2, 0) is 11.2 Å². The van der Waals surface area contributed by atoms with Crippen LogP contribution in [0.4, 0.5) is 4.79 Å². The van der Waals surface area contributed by atoms with Gasteiger partial charge in [-0.15, -0.1) is 0 Å². The minimum Gasteiger partial charge on any atom is -0.354 e. The second-order valence-corrected chi connectivity index (χ2v) is 4.34. The minimum absolute atomic E-state index is 0.268. The number of halogens is 1. The molecular weight excluding hydrogens is 254 g/mol. The number of nitrogens with two attached hydrogens (primary N) is 1. The number of carbonyl (C=O) groups is 2. The van der Waals surface area contributed by atoms with Crippen molar-refractivity contribution in [2.24, 2.45) is 5.73 Å². The fraction of sp³-hybridized carbons (Fsp3) is 0.333. The van der Waals surface area contributed by atoms with Crippen molar-refractivity contribution in [3.63, 3.8) is 0 Å². The SMILES string of the molecule is CC(NC(N)=O)C(=O)NCCc1cccc(Cl)c1. The standard InChI is InChI=1S/C12H16ClN3O2/c1-8(16-12(14)18)11(17)15-6-5-9-3-2-4-10(13)7-9/h2-4,7-8H,5-6H2,1H3,(H,15,17)(H3,14,16,18). The van der Waals surface area contributed by atoms with E-state index in [2.05, 4.69) is 10.6 Å². The Bertz CT molecular complexity index is 437. The molecule has 1 aromatic rings. The zero-order valence-corrected chi connectivity index (χ0v) is 10.8. The van der Waals surface area contributed by atoms with Crippen LogP contribution in [0.25, 0.3) is 0 Å². The molecule has 0 fully saturated rings. The van der Waals surface area contributed by atoms with Gasteiger partial charge in [0.05, 0.1) is 0 Å². The number of nitrogens with one attached hydrogen (secondary N) is 2. The molecule has 0 spiro atoms. The molecule has 5 nitrogen and oxygen atoms in total. The van der Waals surface area contributed by atoms with Gasteiger partial charge in [-0.25, -0.2) is 4.79 Å². The fourth-order valence-corrected chi connectivity index (χ4v) is 1.67. The molecule has 0 heterocycles. The molecule has 1 aromatic carbocycles. The predicted octanol–water partition coefficient (Wildman–Crippen LogP) is 1.06. The molecule has 0 aromatic heterocycles. The zero-order valence-electron chi connectivity index (χ0n) is 10.1. The first-order valence-corrected chi connectivity index (χ1v) is 5.95. The largest absolute Gasteiger partial charge is 0.354 e. The van der Waals surface area contributed by atoms with Gasteiger partial charge in [-0.1, -0.05) is 23.7 Å². The number of primary amides is 1. The van der Waals surface area contributed by atoms with Crippen molar-refractivity contribution in [3.05, 3.63) is 34.9 Å². The van der Waals surface area contributed by atoms with Crippen LogP contribution in [0.3, 0.4) is 0 Å². The molecule has 6 heteroatoms. The Balaban J connectivity index is 2.33. The van der Waals surface area contributed by atoms with Gasteiger partial charge in [0.25, 0.3) is 0 Å². The second kappa shape index (κ2) is 6.86. The van der Waals surface area contributed by atoms with Gasteiger partial charge in [0.15, 0.2) is 0 Å². The molecule has 0 bridgehead atoms. The van der Waals surface area contributed by atoms with E-state index < -0.39 is 12.1 Å². The van der Waals surface area contributed by atoms with E-state index in [9.17, 15) is 9.59 Å². The van der Waals surface area contributed by atoms with E-state index in [1.165, 1.54) is 0 Å². The molecule has 1 atom stereocenters. The molecule has 0 aliphatic heterocycles. The summed E-state index contributed by atoms with van der Waals surface area (Å²) in [6, 6.07) is 6.08. The lowest BCUT2D eigenvalue weighted by molar-refractivity contribution is -0.122. The molecule has 0 saturated carbocycles. The Morgan fingerprint density at radius 1 is 1.44 bits per heavy atom. The van der Waals surface area contributed by atoms with Gasteiger partial charge in [-0.3, -0.25) is 4.79 Å². The summed E-state index contributed by atoms with van der Waals surface area (Å²) in [6.45, 7) is 2.05. The zero-order chi connectivity index (χ0) is 13.5. The third kappa shape index (κ3) is 5.05. The summed E-state index contributed by atoms with van der Waals surface area (Å²) in [6.07, 6.45) is 0.676. The number of urea groups is 1. The van der Waals surface area contributed by atoms with Crippen molar-refractivity contribution in [1.29, 1.82) is 0 Å². The topological polar surface area (TPSA) is 84.2 Å². The van der Waals surface area contributed by atoms with Gasteiger partial charge in [0.1, 0.15) is 6.04 Å². The molecule has 0 radical (unpaired) electrons. The maximum Gasteiger partial charge on any atom is 0.312 e. The number of benzene rings is 1. The Labute approximate surface area is 111 Å². The Morgan fingerprint density at radius 3 is 2.78 bits per heavy atom. The van der Waals surface area contributed by atoms with Gasteiger partial charge in [0, 0.05) is 11.6 Å². The van der Waals surface area contributed by atoms with Crippen LogP contribution >= 0.6 is 11.6 Å². The van der Waals surface area contributed by atoms with Crippen LogP contribution in [-0.4, -0.2) is 24.5 Å². The third-order valence-corrected chi connectivity index (χ3v) is 2.59. The lowest BCUT2D eigenvalue weighted by Gasteiger charge is -2.12. The number of amides is 3. The van der Waals surface area contributed by atoms with E-state index in [0.717, 1.165) is 5.56 Å². The van der Waals surface area contributed by atoms with E-state index in [1.54, 1.807) is 13.0 Å². The lowest BCUT2D eigenvalue weighted by atomic mass is 10.1. The average Bonchev–Trinajstić information content (AvgIpc) is 2.28. The summed E-state index contributed by atoms with van der Waals surface area (Å²) in [4.78, 5) is 22.1. The highest BCUT2D eigenvalue weighted by Crippen LogP contribution is 2.10. The molecule has 98 valence electrons. The maximum atomic E-state index is 11.5. The number of carbonyl (C=O) groups excluding carboxylic acids is 2. The summed E-state index contributed by atoms with van der Waals surface area (Å²) in [7, 11) is 0. The average molecular weight is 270 g/mol. The summed E-state index contributed by atoms with van der Waals surface area (Å²) in [5, 5.41) is 5.68. The Kier molecular flexibility index (Phi) is 5.45. The third-order valence-electron chi connectivity index (χ3n) is 2.35. The van der Waals surface area contributed by atoms with Gasteiger partial charge < -0.3 is 16.4 Å². The minimum atomic E-state index is -0.715. The highest BCUT2D eigenvalue weighted by atomic mass is 35.5. The highest BCUT2D eigenvalue weighted by molar-refractivity contribution is 6.30. The summed E-state index contributed by atoms with van der Waals surface area (Å²) >= 11 is 5.85. The highest BCUT2D eigenvalue weighted by Gasteiger charge is 2.12. The van der Waals surface area contributed by atoms with Gasteiger partial charge in [0.2, 0.25) is 5.91 Å². The van der Waals surface area contributed by atoms with Crippen LogP contribution < -0.4 is 16.4 Å². The lowest BCUT2D eigenvalue weighted by Crippen LogP contribution is -2.47. The van der Waals surface area contributed by atoms with Crippen molar-refractivity contribution >= 4 is 23.5 Å². The molecule has 0 aliphatic rings. The van der Waals surface area contributed by atoms with Crippen molar-refractivity contribution in [1.82, 2.24) is 10.6 Å². The Morgan fingerprint density at radius 2 is 2.17 bits per heavy atom. The predicted molar refractivity (Wildman–Crippen MR) is 70.3 cm³/mol. The van der Waals surface area contributed by atoms with E-state index in [0.29, 0.717) is 18.0 Å². The monoisotopic (exact) mass is 269 g/mol. The molecule has 1 rings (SSSR count). The Hall–Kier alpha value is -1.75. The van der Waals surface area contributed by atoms with Gasteiger partial charge >= 0.3 is 6.03 Å². The van der Waals surface area contributed by atoms with Crippen molar-refractivity contribution in [2.45, 2.75) is 19.4 Å². The smallest absolute Gasteiger partial charge is 0.312 e. The van der Waals surface area contributed by atoms with E-state index in [4.69, 9.17) is 17.3 Å². The maximum absolute atomic E-state index is 11.5. The molecule has 1 unspecified atom stereocenters. The van der Waals surface area contributed by atoms with Crippen LogP contribution in [0.15, 0.2) is 24.3 Å². The number of hydrogen-bond donors (Lipinski definition) is 3. The van der Waals surface area contributed by atoms with Crippen LogP contribution in [0.2, 0.25) is 5.02 Å². The van der Waals surface area contributed by atoms with E-state index in [-0.39, 0.29) is 5.91 Å². The first-order chi connectivity index (χ1) is 8.49. The molecule has 18 heavy (non-hydrogen) atoms. The first-order valence-electron chi connectivity index (χ1n) is 5.57. The molecule has 0 aliphatic carbocycles. The number of rotatable bonds is 5. The van der Waals surface area contributed by atoms with Crippen molar-refractivity contribution < 1.29 is 9.59 Å². The van der Waals surface area contributed by atoms with Crippen molar-refractivity contribution in [2.75, 3.05) is 6.54 Å². The van der Waals surface area contributed by atoms with Crippen LogP contribution in [0.5, 0.6) is 0 Å². The normalized spacial score (nSPS) is 11.7. The van der Waals surface area contributed by atoms with Crippen molar-refractivity contribution in [3.8, 4) is 0 Å². The molecule has 3 amide bonds. The van der Waals surface area contributed by atoms with E-state index in [1.807, 2.05) is 18.2 Å². The molecule has 0 saturated heterocycles. The number of hydrogen-bond acceptors (Lipinski definition) is 2. The van der Waals surface area contributed by atoms with Gasteiger partial charge in [-0.05, 0) is 31.0 Å². The fourth-order valence-electron chi connectivity index (χ4n) is 1.45. The van der Waals surface area contributed by atoms with Crippen LogP contribution in [0, 0.1) is 0 Å². The first kappa shape index (κ1) is 14.3. The van der Waals surface area contributed by atoms with Crippen LogP contribution in [0.1, 0.15) is 12.5 Å². The molecular formula is C12H16ClN3O2. The summed E-state index contributed by atoms with van der Waals surface area (Å²) < 4.78 is 0. The summed E-state index contributed by atoms with van der Waals surface area (Å²) in [5.74, 6) is -0.268. The molecule has 4 N–H and O–H groups in total.